The van der Waals surface area contributed by atoms with Crippen LogP contribution in [0.25, 0.3) is 0 Å². The first-order valence-electron chi connectivity index (χ1n) is 7.45. The molecular formula is C16H22N4O2S. The topological polar surface area (TPSA) is 61.5 Å². The van der Waals surface area contributed by atoms with Crippen molar-refractivity contribution in [3.05, 3.63) is 29.6 Å². The number of aromatic nitrogens is 3. The van der Waals surface area contributed by atoms with Crippen molar-refractivity contribution in [1.29, 1.82) is 0 Å². The van der Waals surface area contributed by atoms with Gasteiger partial charge in [0.1, 0.15) is 0 Å². The minimum Gasteiger partial charge on any atom is -0.492 e. The fourth-order valence-electron chi connectivity index (χ4n) is 2.11. The fourth-order valence-corrected chi connectivity index (χ4v) is 2.55. The maximum absolute atomic E-state index is 5.59. The molecule has 0 aliphatic rings. The predicted molar refractivity (Wildman–Crippen MR) is 93.0 cm³/mol. The summed E-state index contributed by atoms with van der Waals surface area (Å²) in [5.41, 5.74) is 0.842. The normalized spacial score (nSPS) is 11.4. The Kier molecular flexibility index (Phi) is 6.04. The summed E-state index contributed by atoms with van der Waals surface area (Å²) in [5.74, 6) is 2.43. The van der Waals surface area contributed by atoms with Crippen molar-refractivity contribution >= 4 is 18.0 Å². The molecule has 0 unspecified atom stereocenters. The molecule has 0 atom stereocenters. The molecule has 0 radical (unpaired) electrons. The molecule has 1 heterocycles. The molecule has 0 saturated heterocycles. The van der Waals surface area contributed by atoms with Crippen molar-refractivity contribution < 1.29 is 9.47 Å². The zero-order chi connectivity index (χ0) is 16.8. The molecule has 0 aliphatic heterocycles. The number of nitrogens with zero attached hydrogens (tertiary/aromatic N) is 4. The van der Waals surface area contributed by atoms with Crippen molar-refractivity contribution in [2.45, 2.75) is 31.8 Å². The Bertz CT molecular complexity index is 683. The van der Waals surface area contributed by atoms with Gasteiger partial charge in [-0.3, -0.25) is 0 Å². The van der Waals surface area contributed by atoms with E-state index in [2.05, 4.69) is 29.1 Å². The lowest BCUT2D eigenvalue weighted by atomic mass is 10.2. The third kappa shape index (κ3) is 3.85. The van der Waals surface area contributed by atoms with E-state index < -0.39 is 0 Å². The molecule has 23 heavy (non-hydrogen) atoms. The van der Waals surface area contributed by atoms with Gasteiger partial charge in [-0.2, -0.15) is 9.78 Å². The molecule has 0 aliphatic carbocycles. The van der Waals surface area contributed by atoms with Crippen molar-refractivity contribution in [3.8, 4) is 11.5 Å². The zero-order valence-electron chi connectivity index (χ0n) is 14.1. The molecule has 2 rings (SSSR count). The Balaban J connectivity index is 2.41. The van der Waals surface area contributed by atoms with Gasteiger partial charge in [-0.15, -0.1) is 10.2 Å². The fraction of sp³-hybridized carbons (Fsp3) is 0.438. The predicted octanol–water partition coefficient (Wildman–Crippen LogP) is 3.41. The van der Waals surface area contributed by atoms with Crippen LogP contribution < -0.4 is 9.47 Å². The Morgan fingerprint density at radius 3 is 2.74 bits per heavy atom. The van der Waals surface area contributed by atoms with Crippen LogP contribution in [0.5, 0.6) is 11.5 Å². The van der Waals surface area contributed by atoms with Crippen LogP contribution in [-0.2, 0) is 0 Å². The molecule has 0 fully saturated rings. The minimum absolute atomic E-state index is 0.234. The van der Waals surface area contributed by atoms with Crippen molar-refractivity contribution in [2.75, 3.05) is 20.0 Å². The minimum atomic E-state index is 0.234. The van der Waals surface area contributed by atoms with E-state index in [1.807, 2.05) is 31.4 Å². The summed E-state index contributed by atoms with van der Waals surface area (Å²) < 4.78 is 12.8. The standard InChI is InChI=1S/C16H22N4O2S/c1-6-22-13-9-7-8-12(14(13)21-4)10-17-20-15(11(2)3)18-19-16(20)23-5/h7-11H,6H2,1-5H3/b17-10-. The number of hydrogen-bond acceptors (Lipinski definition) is 6. The van der Waals surface area contributed by atoms with E-state index in [9.17, 15) is 0 Å². The Hall–Kier alpha value is -2.02. The van der Waals surface area contributed by atoms with Crippen LogP contribution >= 0.6 is 11.8 Å². The summed E-state index contributed by atoms with van der Waals surface area (Å²) in [7, 11) is 1.63. The molecule has 0 saturated carbocycles. The first-order valence-corrected chi connectivity index (χ1v) is 8.68. The second-order valence-corrected chi connectivity index (χ2v) is 5.84. The van der Waals surface area contributed by atoms with Crippen molar-refractivity contribution in [1.82, 2.24) is 14.9 Å². The molecule has 0 bridgehead atoms. The van der Waals surface area contributed by atoms with Crippen molar-refractivity contribution in [3.63, 3.8) is 0 Å². The number of hydrogen-bond donors (Lipinski definition) is 0. The third-order valence-corrected chi connectivity index (χ3v) is 3.78. The van der Waals surface area contributed by atoms with Gasteiger partial charge in [0, 0.05) is 11.5 Å². The lowest BCUT2D eigenvalue weighted by Crippen LogP contribution is -2.03. The van der Waals surface area contributed by atoms with Gasteiger partial charge in [-0.05, 0) is 25.3 Å². The highest BCUT2D eigenvalue weighted by Gasteiger charge is 2.14. The van der Waals surface area contributed by atoms with E-state index in [1.54, 1.807) is 18.0 Å². The lowest BCUT2D eigenvalue weighted by molar-refractivity contribution is 0.310. The monoisotopic (exact) mass is 334 g/mol. The van der Waals surface area contributed by atoms with Crippen LogP contribution in [0, 0.1) is 0 Å². The summed E-state index contributed by atoms with van der Waals surface area (Å²) in [6.45, 7) is 6.65. The summed E-state index contributed by atoms with van der Waals surface area (Å²) >= 11 is 1.51. The molecule has 124 valence electrons. The molecular weight excluding hydrogens is 312 g/mol. The van der Waals surface area contributed by atoms with Gasteiger partial charge in [-0.25, -0.2) is 0 Å². The van der Waals surface area contributed by atoms with E-state index in [-0.39, 0.29) is 5.92 Å². The maximum Gasteiger partial charge on any atom is 0.211 e. The van der Waals surface area contributed by atoms with E-state index in [1.165, 1.54) is 11.8 Å². The average molecular weight is 334 g/mol. The number of thioether (sulfide) groups is 1. The van der Waals surface area contributed by atoms with E-state index in [0.717, 1.165) is 16.5 Å². The highest BCUT2D eigenvalue weighted by atomic mass is 32.2. The molecule has 2 aromatic rings. The first kappa shape index (κ1) is 17.3. The largest absolute Gasteiger partial charge is 0.492 e. The number of para-hydroxylation sites is 1. The highest BCUT2D eigenvalue weighted by molar-refractivity contribution is 7.98. The number of methoxy groups -OCH3 is 1. The number of rotatable bonds is 7. The van der Waals surface area contributed by atoms with Gasteiger partial charge < -0.3 is 9.47 Å². The average Bonchev–Trinajstić information content (AvgIpc) is 2.96. The smallest absolute Gasteiger partial charge is 0.211 e. The van der Waals surface area contributed by atoms with Gasteiger partial charge in [0.05, 0.1) is 19.9 Å². The Morgan fingerprint density at radius 1 is 1.35 bits per heavy atom. The van der Waals surface area contributed by atoms with Gasteiger partial charge in [0.25, 0.3) is 0 Å². The quantitative estimate of drug-likeness (QED) is 0.573. The third-order valence-electron chi connectivity index (χ3n) is 3.16. The molecule has 0 N–H and O–H groups in total. The summed E-state index contributed by atoms with van der Waals surface area (Å²) in [6, 6.07) is 5.73. The molecule has 6 nitrogen and oxygen atoms in total. The highest BCUT2D eigenvalue weighted by Crippen LogP contribution is 2.30. The van der Waals surface area contributed by atoms with Gasteiger partial charge >= 0.3 is 0 Å². The van der Waals surface area contributed by atoms with Crippen LogP contribution in [0.4, 0.5) is 0 Å². The molecule has 7 heteroatoms. The molecule has 1 aromatic carbocycles. The Labute approximate surface area is 140 Å². The summed E-state index contributed by atoms with van der Waals surface area (Å²) in [6.07, 6.45) is 3.70. The van der Waals surface area contributed by atoms with Gasteiger partial charge in [0.15, 0.2) is 17.3 Å². The molecule has 1 aromatic heterocycles. The van der Waals surface area contributed by atoms with Crippen LogP contribution in [0.3, 0.4) is 0 Å². The van der Waals surface area contributed by atoms with Gasteiger partial charge in [0.2, 0.25) is 5.16 Å². The number of benzene rings is 1. The zero-order valence-corrected chi connectivity index (χ0v) is 14.9. The Morgan fingerprint density at radius 2 is 2.13 bits per heavy atom. The van der Waals surface area contributed by atoms with Crippen molar-refractivity contribution in [2.24, 2.45) is 5.10 Å². The van der Waals surface area contributed by atoms with E-state index in [4.69, 9.17) is 9.47 Å². The van der Waals surface area contributed by atoms with Crippen LogP contribution in [0.1, 0.15) is 38.1 Å². The SMILES string of the molecule is CCOc1cccc(/C=N\n2c(SC)nnc2C(C)C)c1OC. The second-order valence-electron chi connectivity index (χ2n) is 5.07. The summed E-state index contributed by atoms with van der Waals surface area (Å²) in [5, 5.41) is 13.7. The van der Waals surface area contributed by atoms with Gasteiger partial charge in [-0.1, -0.05) is 31.7 Å². The van der Waals surface area contributed by atoms with E-state index >= 15 is 0 Å². The molecule has 0 spiro atoms. The van der Waals surface area contributed by atoms with Crippen LogP contribution in [-0.4, -0.2) is 41.1 Å². The second kappa shape index (κ2) is 8.01. The van der Waals surface area contributed by atoms with Crippen LogP contribution in [0.2, 0.25) is 0 Å². The summed E-state index contributed by atoms with van der Waals surface area (Å²) in [4.78, 5) is 0. The number of ether oxygens (including phenoxy) is 2. The van der Waals surface area contributed by atoms with Crippen LogP contribution in [0.15, 0.2) is 28.5 Å². The lowest BCUT2D eigenvalue weighted by Gasteiger charge is -2.11. The first-order chi connectivity index (χ1) is 11.1. The molecule has 0 amide bonds. The van der Waals surface area contributed by atoms with E-state index in [0.29, 0.717) is 18.1 Å². The maximum atomic E-state index is 5.59.